The number of pyridine rings is 1. The minimum atomic E-state index is -0.701. The third kappa shape index (κ3) is 4.07. The zero-order valence-corrected chi connectivity index (χ0v) is 19.4. The number of benzene rings is 2. The number of fused-ring (bicyclic) bond motifs is 1. The summed E-state index contributed by atoms with van der Waals surface area (Å²) in [6.07, 6.45) is 1.58. The number of rotatable bonds is 5. The van der Waals surface area contributed by atoms with Crippen molar-refractivity contribution < 1.29 is 13.5 Å². The normalized spacial score (nSPS) is 11.2. The summed E-state index contributed by atoms with van der Waals surface area (Å²) in [4.78, 5) is 18.1. The van der Waals surface area contributed by atoms with Crippen LogP contribution in [-0.4, -0.2) is 19.2 Å². The molecule has 2 aromatic carbocycles. The molecule has 3 aromatic heterocycles. The van der Waals surface area contributed by atoms with Gasteiger partial charge >= 0.3 is 0 Å². The van der Waals surface area contributed by atoms with Crippen LogP contribution in [0, 0.1) is 32.4 Å². The second kappa shape index (κ2) is 8.79. The van der Waals surface area contributed by atoms with Crippen LogP contribution in [0.15, 0.2) is 71.7 Å². The van der Waals surface area contributed by atoms with Gasteiger partial charge in [-0.05, 0) is 63.2 Å². The van der Waals surface area contributed by atoms with Crippen LogP contribution in [0.3, 0.4) is 0 Å². The van der Waals surface area contributed by atoms with Crippen molar-refractivity contribution in [2.75, 3.05) is 0 Å². The van der Waals surface area contributed by atoms with Crippen molar-refractivity contribution in [2.45, 2.75) is 27.4 Å². The van der Waals surface area contributed by atoms with Gasteiger partial charge in [0.25, 0.3) is 5.56 Å². The Bertz CT molecular complexity index is 1600. The predicted molar refractivity (Wildman–Crippen MR) is 129 cm³/mol. The molecule has 0 radical (unpaired) electrons. The molecule has 0 aliphatic carbocycles. The highest BCUT2D eigenvalue weighted by Crippen LogP contribution is 2.25. The van der Waals surface area contributed by atoms with Crippen LogP contribution in [-0.2, 0) is 6.61 Å². The lowest BCUT2D eigenvalue weighted by atomic mass is 10.1. The van der Waals surface area contributed by atoms with Crippen LogP contribution < -0.4 is 10.3 Å². The van der Waals surface area contributed by atoms with E-state index >= 15 is 0 Å². The summed E-state index contributed by atoms with van der Waals surface area (Å²) >= 11 is 0. The third-order valence-corrected chi connectivity index (χ3v) is 5.86. The van der Waals surface area contributed by atoms with Gasteiger partial charge in [-0.25, -0.2) is 18.4 Å². The van der Waals surface area contributed by atoms with Gasteiger partial charge in [0, 0.05) is 11.9 Å². The summed E-state index contributed by atoms with van der Waals surface area (Å²) in [5.74, 6) is -1.16. The molecule has 0 spiro atoms. The van der Waals surface area contributed by atoms with Crippen molar-refractivity contribution in [1.29, 1.82) is 0 Å². The molecule has 35 heavy (non-hydrogen) atoms. The Morgan fingerprint density at radius 3 is 2.37 bits per heavy atom. The van der Waals surface area contributed by atoms with Gasteiger partial charge in [0.1, 0.15) is 23.9 Å². The Morgan fingerprint density at radius 1 is 0.943 bits per heavy atom. The van der Waals surface area contributed by atoms with Crippen molar-refractivity contribution in [2.24, 2.45) is 0 Å². The van der Waals surface area contributed by atoms with Crippen molar-refractivity contribution in [3.63, 3.8) is 0 Å². The number of nitrogens with zero attached hydrogens (tertiary/aromatic N) is 4. The Hall–Kier alpha value is -4.33. The van der Waals surface area contributed by atoms with Crippen LogP contribution in [0.4, 0.5) is 8.78 Å². The fourth-order valence-electron chi connectivity index (χ4n) is 4.01. The van der Waals surface area contributed by atoms with Crippen LogP contribution in [0.2, 0.25) is 0 Å². The molecule has 0 N–H and O–H groups in total. The molecule has 3 heterocycles. The van der Waals surface area contributed by atoms with E-state index in [9.17, 15) is 13.6 Å². The molecule has 0 aliphatic heterocycles. The predicted octanol–water partition coefficient (Wildman–Crippen LogP) is 5.33. The highest BCUT2D eigenvalue weighted by molar-refractivity contribution is 5.65. The smallest absolute Gasteiger partial charge is 0.267 e. The highest BCUT2D eigenvalue weighted by Gasteiger charge is 2.19. The average molecular weight is 472 g/mol. The first-order valence-corrected chi connectivity index (χ1v) is 11.0. The molecule has 176 valence electrons. The Kier molecular flexibility index (Phi) is 5.64. The summed E-state index contributed by atoms with van der Waals surface area (Å²) in [5, 5.41) is 4.67. The maximum Gasteiger partial charge on any atom is 0.267 e. The van der Waals surface area contributed by atoms with Gasteiger partial charge < -0.3 is 4.74 Å². The van der Waals surface area contributed by atoms with Crippen molar-refractivity contribution in [3.05, 3.63) is 111 Å². The minimum Gasteiger partial charge on any atom is -0.485 e. The fourth-order valence-corrected chi connectivity index (χ4v) is 4.01. The molecular formula is C27H22F2N4O2. The molecule has 0 saturated carbocycles. The molecule has 0 aliphatic rings. The molecule has 0 amide bonds. The highest BCUT2D eigenvalue weighted by atomic mass is 19.1. The van der Waals surface area contributed by atoms with Gasteiger partial charge in [-0.15, -0.1) is 0 Å². The van der Waals surface area contributed by atoms with E-state index in [0.29, 0.717) is 17.0 Å². The number of ether oxygens (including phenoxy) is 1. The number of aryl methyl sites for hydroxylation is 3. The van der Waals surface area contributed by atoms with E-state index in [2.05, 4.69) is 10.1 Å². The number of aromatic nitrogens is 4. The maximum absolute atomic E-state index is 14.0. The van der Waals surface area contributed by atoms with Crippen LogP contribution in [0.5, 0.6) is 5.75 Å². The lowest BCUT2D eigenvalue weighted by molar-refractivity contribution is 0.294. The summed E-state index contributed by atoms with van der Waals surface area (Å²) < 4.78 is 36.9. The maximum atomic E-state index is 14.0. The van der Waals surface area contributed by atoms with Crippen molar-refractivity contribution in [3.8, 4) is 22.7 Å². The molecule has 0 unspecified atom stereocenters. The average Bonchev–Trinajstić information content (AvgIpc) is 3.20. The SMILES string of the molecule is Cc1ccc(-n2nc(-c3c(C)nc4c(OCc5c(F)cccc5F)cccn4c3=O)cc2C)cc1. The van der Waals surface area contributed by atoms with E-state index in [1.807, 2.05) is 44.2 Å². The molecule has 6 nitrogen and oxygen atoms in total. The summed E-state index contributed by atoms with van der Waals surface area (Å²) in [6, 6.07) is 16.7. The monoisotopic (exact) mass is 472 g/mol. The molecule has 0 saturated heterocycles. The molecule has 5 aromatic rings. The first-order chi connectivity index (χ1) is 16.8. The van der Waals surface area contributed by atoms with Crippen LogP contribution in [0.25, 0.3) is 22.6 Å². The molecule has 8 heteroatoms. The zero-order chi connectivity index (χ0) is 24.7. The lowest BCUT2D eigenvalue weighted by Gasteiger charge is -2.12. The van der Waals surface area contributed by atoms with Gasteiger partial charge in [-0.1, -0.05) is 23.8 Å². The Morgan fingerprint density at radius 2 is 1.66 bits per heavy atom. The first-order valence-electron chi connectivity index (χ1n) is 11.0. The van der Waals surface area contributed by atoms with Gasteiger partial charge in [-0.2, -0.15) is 5.10 Å². The largest absolute Gasteiger partial charge is 0.485 e. The minimum absolute atomic E-state index is 0.192. The zero-order valence-electron chi connectivity index (χ0n) is 19.4. The van der Waals surface area contributed by atoms with E-state index < -0.39 is 11.6 Å². The van der Waals surface area contributed by atoms with Crippen molar-refractivity contribution >= 4 is 5.65 Å². The Balaban J connectivity index is 1.55. The number of hydrogen-bond donors (Lipinski definition) is 0. The van der Waals surface area contributed by atoms with Gasteiger partial charge in [-0.3, -0.25) is 9.20 Å². The van der Waals surface area contributed by atoms with Crippen molar-refractivity contribution in [1.82, 2.24) is 19.2 Å². The second-order valence-electron chi connectivity index (χ2n) is 8.35. The molecule has 0 fully saturated rings. The summed E-state index contributed by atoms with van der Waals surface area (Å²) in [7, 11) is 0. The van der Waals surface area contributed by atoms with E-state index in [-0.39, 0.29) is 29.1 Å². The lowest BCUT2D eigenvalue weighted by Crippen LogP contribution is -2.19. The third-order valence-electron chi connectivity index (χ3n) is 5.86. The fraction of sp³-hybridized carbons (Fsp3) is 0.148. The topological polar surface area (TPSA) is 61.4 Å². The van der Waals surface area contributed by atoms with Gasteiger partial charge in [0.15, 0.2) is 11.4 Å². The second-order valence-corrected chi connectivity index (χ2v) is 8.35. The number of halogens is 2. The van der Waals surface area contributed by atoms with Gasteiger partial charge in [0.2, 0.25) is 0 Å². The van der Waals surface area contributed by atoms with Crippen LogP contribution in [0.1, 0.15) is 22.5 Å². The van der Waals surface area contributed by atoms with E-state index in [1.165, 1.54) is 22.6 Å². The molecule has 0 bridgehead atoms. The Labute approximate surface area is 200 Å². The molecule has 5 rings (SSSR count). The summed E-state index contributed by atoms with van der Waals surface area (Å²) in [5.41, 5.74) is 4.00. The molecule has 0 atom stereocenters. The standard InChI is InChI=1S/C27H22F2N4O2/c1-16-9-11-19(12-10-16)33-17(2)14-23(31-33)25-18(3)30-26-24(8-5-13-32(26)27(25)34)35-15-20-21(28)6-4-7-22(20)29/h4-14H,15H2,1-3H3. The molecular weight excluding hydrogens is 450 g/mol. The quantitative estimate of drug-likeness (QED) is 0.347. The van der Waals surface area contributed by atoms with Gasteiger partial charge in [0.05, 0.1) is 22.5 Å². The van der Waals surface area contributed by atoms with E-state index in [0.717, 1.165) is 16.9 Å². The number of hydrogen-bond acceptors (Lipinski definition) is 4. The first kappa shape index (κ1) is 22.5. The van der Waals surface area contributed by atoms with E-state index in [1.54, 1.807) is 29.9 Å². The summed E-state index contributed by atoms with van der Waals surface area (Å²) in [6.45, 7) is 5.33. The van der Waals surface area contributed by atoms with Crippen LogP contribution >= 0.6 is 0 Å². The van der Waals surface area contributed by atoms with E-state index in [4.69, 9.17) is 4.74 Å².